The van der Waals surface area contributed by atoms with Gasteiger partial charge in [-0.15, -0.1) is 0 Å². The maximum absolute atomic E-state index is 5.81. The van der Waals surface area contributed by atoms with E-state index in [0.717, 1.165) is 25.9 Å². The van der Waals surface area contributed by atoms with Gasteiger partial charge in [0.25, 0.3) is 0 Å². The van der Waals surface area contributed by atoms with E-state index in [9.17, 15) is 0 Å². The van der Waals surface area contributed by atoms with Crippen molar-refractivity contribution in [2.45, 2.75) is 36.3 Å². The third-order valence-electron chi connectivity index (χ3n) is 2.29. The molecule has 0 amide bonds. The maximum atomic E-state index is 5.81. The molecule has 3 heteroatoms. The molecule has 0 unspecified atom stereocenters. The van der Waals surface area contributed by atoms with E-state index >= 15 is 0 Å². The lowest BCUT2D eigenvalue weighted by Gasteiger charge is -2.38. The minimum Gasteiger partial charge on any atom is -0.328 e. The molecule has 1 aliphatic heterocycles. The number of rotatable bonds is 1. The summed E-state index contributed by atoms with van der Waals surface area (Å²) in [5, 5.41) is 0. The molecule has 1 aliphatic rings. The van der Waals surface area contributed by atoms with Gasteiger partial charge in [0.05, 0.1) is 3.55 Å². The lowest BCUT2D eigenvalue weighted by Crippen LogP contribution is -2.47. The third kappa shape index (κ3) is 2.87. The molecule has 0 bridgehead atoms. The van der Waals surface area contributed by atoms with E-state index in [-0.39, 0.29) is 0 Å². The predicted octanol–water partition coefficient (Wildman–Crippen LogP) is 1.58. The van der Waals surface area contributed by atoms with Crippen LogP contribution < -0.4 is 5.73 Å². The van der Waals surface area contributed by atoms with Gasteiger partial charge in [-0.2, -0.15) is 0 Å². The predicted molar refractivity (Wildman–Crippen MR) is 56.9 cm³/mol. The normalized spacial score (nSPS) is 24.0. The molecule has 1 rings (SSSR count). The molecule has 11 heavy (non-hydrogen) atoms. The van der Waals surface area contributed by atoms with Crippen LogP contribution in [0.3, 0.4) is 0 Å². The molecule has 0 aromatic carbocycles. The van der Waals surface area contributed by atoms with Gasteiger partial charge in [0.2, 0.25) is 0 Å². The largest absolute Gasteiger partial charge is 0.328 e. The Labute approximate surface area is 82.6 Å². The summed E-state index contributed by atoms with van der Waals surface area (Å²) in [7, 11) is 0. The Hall–Kier alpha value is 0.650. The average Bonchev–Trinajstić information content (AvgIpc) is 1.86. The van der Waals surface area contributed by atoms with Crippen molar-refractivity contribution in [2.24, 2.45) is 5.73 Å². The Morgan fingerprint density at radius 3 is 2.18 bits per heavy atom. The van der Waals surface area contributed by atoms with Crippen molar-refractivity contribution in [3.63, 3.8) is 0 Å². The van der Waals surface area contributed by atoms with Crippen LogP contribution in [-0.4, -0.2) is 27.6 Å². The van der Waals surface area contributed by atoms with Gasteiger partial charge in [-0.1, -0.05) is 22.6 Å². The van der Waals surface area contributed by atoms with E-state index < -0.39 is 0 Å². The zero-order valence-electron chi connectivity index (χ0n) is 7.31. The summed E-state index contributed by atoms with van der Waals surface area (Å²) in [6.07, 6.45) is 2.32. The molecular formula is C8H17IN2. The zero-order valence-corrected chi connectivity index (χ0v) is 9.47. The summed E-state index contributed by atoms with van der Waals surface area (Å²) in [4.78, 5) is 2.50. The number of piperidine rings is 1. The van der Waals surface area contributed by atoms with E-state index in [2.05, 4.69) is 41.3 Å². The summed E-state index contributed by atoms with van der Waals surface area (Å²) in [5.74, 6) is 0. The fourth-order valence-electron chi connectivity index (χ4n) is 1.43. The highest BCUT2D eigenvalue weighted by molar-refractivity contribution is 14.1. The van der Waals surface area contributed by atoms with E-state index in [4.69, 9.17) is 5.73 Å². The van der Waals surface area contributed by atoms with Crippen LogP contribution in [0, 0.1) is 0 Å². The molecule has 66 valence electrons. The van der Waals surface area contributed by atoms with E-state index in [0.29, 0.717) is 9.59 Å². The summed E-state index contributed by atoms with van der Waals surface area (Å²) in [6.45, 7) is 6.84. The van der Waals surface area contributed by atoms with Gasteiger partial charge >= 0.3 is 0 Å². The average molecular weight is 268 g/mol. The lowest BCUT2D eigenvalue weighted by molar-refractivity contribution is 0.163. The molecule has 0 aromatic heterocycles. The van der Waals surface area contributed by atoms with E-state index in [1.165, 1.54) is 0 Å². The SMILES string of the molecule is CC(C)(I)N1CCC(N)CC1. The molecule has 0 spiro atoms. The maximum Gasteiger partial charge on any atom is 0.0673 e. The first-order valence-corrected chi connectivity index (χ1v) is 5.27. The molecule has 0 aliphatic carbocycles. The first-order chi connectivity index (χ1) is 5.00. The van der Waals surface area contributed by atoms with Crippen molar-refractivity contribution in [3.8, 4) is 0 Å². The van der Waals surface area contributed by atoms with Crippen LogP contribution in [0.1, 0.15) is 26.7 Å². The highest BCUT2D eigenvalue weighted by Gasteiger charge is 2.26. The summed E-state index contributed by atoms with van der Waals surface area (Å²) >= 11 is 2.49. The van der Waals surface area contributed by atoms with Crippen LogP contribution >= 0.6 is 22.6 Å². The van der Waals surface area contributed by atoms with Crippen molar-refractivity contribution >= 4 is 22.6 Å². The van der Waals surface area contributed by atoms with Gasteiger partial charge < -0.3 is 5.73 Å². The third-order valence-corrected chi connectivity index (χ3v) is 2.97. The van der Waals surface area contributed by atoms with Gasteiger partial charge in [0.1, 0.15) is 0 Å². The number of likely N-dealkylation sites (tertiary alicyclic amines) is 1. The molecule has 0 radical (unpaired) electrons. The summed E-state index contributed by atoms with van der Waals surface area (Å²) in [5.41, 5.74) is 5.81. The minimum absolute atomic E-state index is 0.303. The zero-order chi connectivity index (χ0) is 8.48. The molecular weight excluding hydrogens is 251 g/mol. The van der Waals surface area contributed by atoms with Crippen LogP contribution in [0.25, 0.3) is 0 Å². The Morgan fingerprint density at radius 1 is 1.36 bits per heavy atom. The molecule has 2 nitrogen and oxygen atoms in total. The van der Waals surface area contributed by atoms with Gasteiger partial charge in [0.15, 0.2) is 0 Å². The second kappa shape index (κ2) is 3.58. The van der Waals surface area contributed by atoms with Crippen molar-refractivity contribution < 1.29 is 0 Å². The fourth-order valence-corrected chi connectivity index (χ4v) is 1.91. The summed E-state index contributed by atoms with van der Waals surface area (Å²) in [6, 6.07) is 0.449. The smallest absolute Gasteiger partial charge is 0.0673 e. The van der Waals surface area contributed by atoms with Crippen LogP contribution in [0.2, 0.25) is 0 Å². The molecule has 1 saturated heterocycles. The standard InChI is InChI=1S/C8H17IN2/c1-8(2,9)11-5-3-7(10)4-6-11/h7H,3-6,10H2,1-2H3. The second-order valence-corrected chi connectivity index (χ2v) is 6.37. The fraction of sp³-hybridized carbons (Fsp3) is 1.00. The minimum atomic E-state index is 0.303. The molecule has 0 aromatic rings. The van der Waals surface area contributed by atoms with Crippen LogP contribution in [0.15, 0.2) is 0 Å². The van der Waals surface area contributed by atoms with Gasteiger partial charge in [-0.3, -0.25) is 4.90 Å². The number of nitrogens with zero attached hydrogens (tertiary/aromatic N) is 1. The number of nitrogens with two attached hydrogens (primary N) is 1. The summed E-state index contributed by atoms with van der Waals surface area (Å²) < 4.78 is 0.303. The molecule has 0 saturated carbocycles. The van der Waals surface area contributed by atoms with Gasteiger partial charge in [-0.05, 0) is 26.7 Å². The topological polar surface area (TPSA) is 29.3 Å². The van der Waals surface area contributed by atoms with Gasteiger partial charge in [0, 0.05) is 19.1 Å². The second-order valence-electron chi connectivity index (χ2n) is 3.73. The lowest BCUT2D eigenvalue weighted by atomic mass is 10.1. The number of hydrogen-bond acceptors (Lipinski definition) is 2. The van der Waals surface area contributed by atoms with Crippen LogP contribution in [0.5, 0.6) is 0 Å². The number of hydrogen-bond donors (Lipinski definition) is 1. The first-order valence-electron chi connectivity index (χ1n) is 4.19. The Balaban J connectivity index is 2.39. The molecule has 0 atom stereocenters. The van der Waals surface area contributed by atoms with Crippen molar-refractivity contribution in [3.05, 3.63) is 0 Å². The Morgan fingerprint density at radius 2 is 1.82 bits per heavy atom. The highest BCUT2D eigenvalue weighted by atomic mass is 127. The number of halogens is 1. The van der Waals surface area contributed by atoms with Crippen molar-refractivity contribution in [2.75, 3.05) is 13.1 Å². The van der Waals surface area contributed by atoms with E-state index in [1.54, 1.807) is 0 Å². The molecule has 2 N–H and O–H groups in total. The number of alkyl halides is 1. The van der Waals surface area contributed by atoms with Crippen molar-refractivity contribution in [1.82, 2.24) is 4.90 Å². The highest BCUT2D eigenvalue weighted by Crippen LogP contribution is 2.25. The monoisotopic (exact) mass is 268 g/mol. The Bertz CT molecular complexity index is 123. The molecule has 1 heterocycles. The molecule has 1 fully saturated rings. The van der Waals surface area contributed by atoms with E-state index in [1.807, 2.05) is 0 Å². The Kier molecular flexibility index (Phi) is 3.17. The van der Waals surface area contributed by atoms with Gasteiger partial charge in [-0.25, -0.2) is 0 Å². The first kappa shape index (κ1) is 9.74. The van der Waals surface area contributed by atoms with Crippen LogP contribution in [0.4, 0.5) is 0 Å². The van der Waals surface area contributed by atoms with Crippen LogP contribution in [-0.2, 0) is 0 Å². The quantitative estimate of drug-likeness (QED) is 0.444. The van der Waals surface area contributed by atoms with Crippen molar-refractivity contribution in [1.29, 1.82) is 0 Å².